The molecule has 0 unspecified atom stereocenters. The van der Waals surface area contributed by atoms with Crippen molar-refractivity contribution in [2.45, 2.75) is 18.2 Å². The Kier molecular flexibility index (Phi) is 6.21. The molecule has 1 rings (SSSR count). The third-order valence-electron chi connectivity index (χ3n) is 2.91. The maximum Gasteiger partial charge on any atom is 0.243 e. The summed E-state index contributed by atoms with van der Waals surface area (Å²) in [6.45, 7) is 7.06. The van der Waals surface area contributed by atoms with Crippen molar-refractivity contribution < 1.29 is 8.42 Å². The van der Waals surface area contributed by atoms with Crippen molar-refractivity contribution in [3.8, 4) is 0 Å². The number of rotatable bonds is 8. The highest BCUT2D eigenvalue weighted by molar-refractivity contribution is 7.89. The number of nitrogens with one attached hydrogen (secondary N) is 1. The van der Waals surface area contributed by atoms with Crippen molar-refractivity contribution in [3.63, 3.8) is 0 Å². The van der Waals surface area contributed by atoms with Gasteiger partial charge in [-0.25, -0.2) is 8.42 Å². The summed E-state index contributed by atoms with van der Waals surface area (Å²) in [5.74, 6) is 0. The Morgan fingerprint density at radius 2 is 1.95 bits per heavy atom. The third kappa shape index (κ3) is 4.16. The van der Waals surface area contributed by atoms with E-state index in [1.165, 1.54) is 4.31 Å². The minimum atomic E-state index is -3.40. The molecule has 19 heavy (non-hydrogen) atoms. The summed E-state index contributed by atoms with van der Waals surface area (Å²) >= 11 is 0. The Bertz CT molecular complexity index is 495. The zero-order chi connectivity index (χ0) is 14.3. The van der Waals surface area contributed by atoms with E-state index in [0.29, 0.717) is 18.0 Å². The van der Waals surface area contributed by atoms with Gasteiger partial charge in [0.2, 0.25) is 10.0 Å². The van der Waals surface area contributed by atoms with Gasteiger partial charge >= 0.3 is 0 Å². The molecule has 0 aliphatic carbocycles. The average Bonchev–Trinajstić information content (AvgIpc) is 2.42. The zero-order valence-corrected chi connectivity index (χ0v) is 12.4. The predicted molar refractivity (Wildman–Crippen MR) is 78.7 cm³/mol. The Labute approximate surface area is 116 Å². The van der Waals surface area contributed by atoms with Crippen LogP contribution in [0, 0.1) is 0 Å². The van der Waals surface area contributed by atoms with Crippen LogP contribution in [0.5, 0.6) is 0 Å². The van der Waals surface area contributed by atoms with Crippen LogP contribution in [0.15, 0.2) is 41.8 Å². The summed E-state index contributed by atoms with van der Waals surface area (Å²) in [6.07, 6.45) is 2.49. The summed E-state index contributed by atoms with van der Waals surface area (Å²) in [4.78, 5) is 0.337. The highest BCUT2D eigenvalue weighted by Gasteiger charge is 2.21. The van der Waals surface area contributed by atoms with Crippen LogP contribution in [-0.4, -0.2) is 39.4 Å². The van der Waals surface area contributed by atoms with Gasteiger partial charge in [-0.1, -0.05) is 25.1 Å². The average molecular weight is 282 g/mol. The predicted octanol–water partition coefficient (Wildman–Crippen LogP) is 1.65. The van der Waals surface area contributed by atoms with Crippen molar-refractivity contribution in [1.29, 1.82) is 0 Å². The molecular weight excluding hydrogens is 260 g/mol. The lowest BCUT2D eigenvalue weighted by Gasteiger charge is -2.18. The molecule has 0 bridgehead atoms. The monoisotopic (exact) mass is 282 g/mol. The summed E-state index contributed by atoms with van der Waals surface area (Å²) in [5.41, 5.74) is 1.13. The maximum absolute atomic E-state index is 12.3. The van der Waals surface area contributed by atoms with E-state index in [0.717, 1.165) is 18.5 Å². The van der Waals surface area contributed by atoms with Crippen molar-refractivity contribution >= 4 is 10.0 Å². The first-order valence-corrected chi connectivity index (χ1v) is 7.84. The molecule has 0 heterocycles. The molecule has 0 saturated heterocycles. The number of sulfonamides is 1. The highest BCUT2D eigenvalue weighted by atomic mass is 32.2. The van der Waals surface area contributed by atoms with Gasteiger partial charge in [0, 0.05) is 13.1 Å². The van der Waals surface area contributed by atoms with E-state index in [2.05, 4.69) is 11.9 Å². The highest BCUT2D eigenvalue weighted by Crippen LogP contribution is 2.16. The Morgan fingerprint density at radius 3 is 2.42 bits per heavy atom. The molecule has 0 aromatic heterocycles. The number of hydrogen-bond donors (Lipinski definition) is 1. The maximum atomic E-state index is 12.3. The van der Waals surface area contributed by atoms with Gasteiger partial charge in [0.05, 0.1) is 4.90 Å². The van der Waals surface area contributed by atoms with Crippen LogP contribution in [0.4, 0.5) is 0 Å². The molecule has 0 aliphatic heterocycles. The second kappa shape index (κ2) is 7.43. The number of hydrogen-bond acceptors (Lipinski definition) is 3. The molecule has 0 aliphatic rings. The minimum absolute atomic E-state index is 0.334. The molecule has 1 N–H and O–H groups in total. The molecule has 5 heteroatoms. The van der Waals surface area contributed by atoms with E-state index in [4.69, 9.17) is 0 Å². The van der Waals surface area contributed by atoms with Gasteiger partial charge in [0.15, 0.2) is 0 Å². The summed E-state index contributed by atoms with van der Waals surface area (Å²) in [6, 6.07) is 7.08. The van der Waals surface area contributed by atoms with Crippen molar-refractivity contribution in [3.05, 3.63) is 42.5 Å². The quantitative estimate of drug-likeness (QED) is 0.738. The van der Waals surface area contributed by atoms with E-state index in [1.807, 2.05) is 26.1 Å². The molecule has 0 amide bonds. The molecule has 0 saturated carbocycles. The van der Waals surface area contributed by atoms with Crippen LogP contribution < -0.4 is 5.32 Å². The van der Waals surface area contributed by atoms with Crippen LogP contribution >= 0.6 is 0 Å². The van der Waals surface area contributed by atoms with Gasteiger partial charge in [-0.15, -0.1) is 6.58 Å². The molecule has 0 fully saturated rings. The third-order valence-corrected chi connectivity index (χ3v) is 4.87. The van der Waals surface area contributed by atoms with E-state index in [-0.39, 0.29) is 0 Å². The fourth-order valence-electron chi connectivity index (χ4n) is 1.79. The van der Waals surface area contributed by atoms with Crippen LogP contribution in [-0.2, 0) is 16.4 Å². The van der Waals surface area contributed by atoms with Crippen molar-refractivity contribution in [2.75, 3.05) is 26.7 Å². The topological polar surface area (TPSA) is 49.4 Å². The molecule has 0 spiro atoms. The van der Waals surface area contributed by atoms with Gasteiger partial charge in [0.1, 0.15) is 0 Å². The van der Waals surface area contributed by atoms with E-state index < -0.39 is 10.0 Å². The standard InChI is InChI=1S/C14H22N2O2S/c1-4-12-16(5-2)19(17,18)14-8-6-13(7-9-14)10-11-15-3/h4,6-9,15H,1,5,10-12H2,2-3H3. The van der Waals surface area contributed by atoms with Crippen LogP contribution in [0.1, 0.15) is 12.5 Å². The largest absolute Gasteiger partial charge is 0.319 e. The van der Waals surface area contributed by atoms with Crippen LogP contribution in [0.25, 0.3) is 0 Å². The Hall–Kier alpha value is -1.17. The number of nitrogens with zero attached hydrogens (tertiary/aromatic N) is 1. The van der Waals surface area contributed by atoms with E-state index in [9.17, 15) is 8.42 Å². The Balaban J connectivity index is 2.92. The number of likely N-dealkylation sites (N-methyl/N-ethyl adjacent to an activating group) is 2. The second-order valence-corrected chi connectivity index (χ2v) is 6.18. The van der Waals surface area contributed by atoms with E-state index >= 15 is 0 Å². The SMILES string of the molecule is C=CCN(CC)S(=O)(=O)c1ccc(CCNC)cc1. The van der Waals surface area contributed by atoms with Crippen molar-refractivity contribution in [1.82, 2.24) is 9.62 Å². The molecule has 0 radical (unpaired) electrons. The van der Waals surface area contributed by atoms with Gasteiger partial charge in [-0.3, -0.25) is 0 Å². The molecule has 1 aromatic rings. The van der Waals surface area contributed by atoms with E-state index in [1.54, 1.807) is 18.2 Å². The smallest absolute Gasteiger partial charge is 0.243 e. The lowest BCUT2D eigenvalue weighted by Crippen LogP contribution is -2.31. The summed E-state index contributed by atoms with van der Waals surface area (Å²) < 4.78 is 26.1. The van der Waals surface area contributed by atoms with Gasteiger partial charge < -0.3 is 5.32 Å². The first kappa shape index (κ1) is 15.9. The molecule has 106 valence electrons. The first-order valence-electron chi connectivity index (χ1n) is 6.40. The van der Waals surface area contributed by atoms with Gasteiger partial charge in [-0.2, -0.15) is 4.31 Å². The fourth-order valence-corrected chi connectivity index (χ4v) is 3.21. The molecule has 1 aromatic carbocycles. The first-order chi connectivity index (χ1) is 9.06. The van der Waals surface area contributed by atoms with Gasteiger partial charge in [0.25, 0.3) is 0 Å². The lowest BCUT2D eigenvalue weighted by molar-refractivity contribution is 0.460. The molecule has 4 nitrogen and oxygen atoms in total. The lowest BCUT2D eigenvalue weighted by atomic mass is 10.1. The number of benzene rings is 1. The second-order valence-electron chi connectivity index (χ2n) is 4.24. The van der Waals surface area contributed by atoms with Crippen LogP contribution in [0.2, 0.25) is 0 Å². The normalized spacial score (nSPS) is 11.7. The summed E-state index contributed by atoms with van der Waals surface area (Å²) in [5, 5.41) is 3.07. The minimum Gasteiger partial charge on any atom is -0.319 e. The Morgan fingerprint density at radius 1 is 1.32 bits per heavy atom. The zero-order valence-electron chi connectivity index (χ0n) is 11.6. The van der Waals surface area contributed by atoms with Gasteiger partial charge in [-0.05, 0) is 37.7 Å². The van der Waals surface area contributed by atoms with Crippen molar-refractivity contribution in [2.24, 2.45) is 0 Å². The summed E-state index contributed by atoms with van der Waals surface area (Å²) in [7, 11) is -1.51. The molecular formula is C14H22N2O2S. The fraction of sp³-hybridized carbons (Fsp3) is 0.429. The molecule has 0 atom stereocenters. The van der Waals surface area contributed by atoms with Crippen LogP contribution in [0.3, 0.4) is 0 Å².